The summed E-state index contributed by atoms with van der Waals surface area (Å²) < 4.78 is 0.268. The molecule has 0 aromatic carbocycles. The number of pyridine rings is 3. The van der Waals surface area contributed by atoms with Crippen molar-refractivity contribution in [3.8, 4) is 0 Å². The fourth-order valence-corrected chi connectivity index (χ4v) is 5.06. The Morgan fingerprint density at radius 2 is 1.36 bits per heavy atom. The van der Waals surface area contributed by atoms with Crippen molar-refractivity contribution in [1.29, 1.82) is 0 Å². The van der Waals surface area contributed by atoms with Gasteiger partial charge >= 0.3 is 17.1 Å². The average molecular weight is 665 g/mol. The van der Waals surface area contributed by atoms with Crippen molar-refractivity contribution in [1.82, 2.24) is 24.8 Å². The number of nitrogens with zero attached hydrogens (tertiary/aromatic N) is 8. The van der Waals surface area contributed by atoms with Gasteiger partial charge in [-0.15, -0.1) is 7.05 Å². The molecule has 3 aromatic heterocycles. The molecular formula is C28H35FeN9O7+2. The van der Waals surface area contributed by atoms with Crippen molar-refractivity contribution in [3.05, 3.63) is 105 Å². The van der Waals surface area contributed by atoms with Crippen LogP contribution in [-0.2, 0) is 41.5 Å². The third-order valence-electron chi connectivity index (χ3n) is 7.67. The van der Waals surface area contributed by atoms with E-state index in [1.165, 1.54) is 48.9 Å². The normalized spacial score (nSPS) is 19.3. The standard InChI is InChI=1S/C28H35N9O7.Fe/c1-37(19-23-16-25(36(43)44)4-7-32-23)12-10-33(17-21-14-20(2-5-30-21)27(38)26(29)28(39)40)8-9-34(11-13-37)18-22-15-24(35(41)42)3-6-31-22;/h2-7,14-16,26-27,38H,1,8-13,17-19,29H2,(H,39,40);/q;+2/t26-,27-,37?;/m0./s1. The van der Waals surface area contributed by atoms with Gasteiger partial charge in [-0.1, -0.05) is 0 Å². The van der Waals surface area contributed by atoms with Gasteiger partial charge in [0.05, 0.1) is 46.6 Å². The molecule has 17 heteroatoms. The molecule has 4 N–H and O–H groups in total. The van der Waals surface area contributed by atoms with E-state index >= 15 is 0 Å². The van der Waals surface area contributed by atoms with E-state index in [9.17, 15) is 35.2 Å². The van der Waals surface area contributed by atoms with Crippen molar-refractivity contribution in [2.45, 2.75) is 31.8 Å². The molecule has 3 atom stereocenters. The second kappa shape index (κ2) is 15.9. The molecule has 0 saturated carbocycles. The number of aliphatic hydroxyl groups excluding tert-OH is 1. The summed E-state index contributed by atoms with van der Waals surface area (Å²) in [6.07, 6.45) is 2.96. The molecular weight excluding hydrogens is 630 g/mol. The summed E-state index contributed by atoms with van der Waals surface area (Å²) in [5.74, 6) is -1.46. The van der Waals surface area contributed by atoms with Crippen LogP contribution in [0.15, 0.2) is 55.0 Å². The zero-order chi connectivity index (χ0) is 31.9. The maximum absolute atomic E-state index is 11.3. The number of hydrogen-bond acceptors (Lipinski definition) is 12. The van der Waals surface area contributed by atoms with Gasteiger partial charge in [-0.25, -0.2) is 0 Å². The number of carboxylic acids is 1. The summed E-state index contributed by atoms with van der Waals surface area (Å²) in [6, 6.07) is 7.41. The van der Waals surface area contributed by atoms with E-state index in [2.05, 4.69) is 37.5 Å². The van der Waals surface area contributed by atoms with Gasteiger partial charge in [-0.2, -0.15) is 0 Å². The minimum absolute atomic E-state index is 0. The van der Waals surface area contributed by atoms with Gasteiger partial charge in [-0.3, -0.25) is 45.0 Å². The van der Waals surface area contributed by atoms with Crippen LogP contribution in [0.5, 0.6) is 0 Å². The van der Waals surface area contributed by atoms with E-state index in [1.54, 1.807) is 6.07 Å². The number of hydrogen-bond donors (Lipinski definition) is 2. The van der Waals surface area contributed by atoms with Crippen LogP contribution in [0.1, 0.15) is 28.7 Å². The number of nitro groups is 2. The number of quaternary nitrogens is 2. The van der Waals surface area contributed by atoms with E-state index in [0.29, 0.717) is 81.5 Å². The van der Waals surface area contributed by atoms with Crippen molar-refractivity contribution >= 4 is 17.3 Å². The van der Waals surface area contributed by atoms with Crippen LogP contribution in [0.3, 0.4) is 0 Å². The van der Waals surface area contributed by atoms with Gasteiger partial charge in [0.15, 0.2) is 6.04 Å². The van der Waals surface area contributed by atoms with Crippen LogP contribution >= 0.6 is 0 Å². The maximum Gasteiger partial charge on any atom is 2.00 e. The summed E-state index contributed by atoms with van der Waals surface area (Å²) in [5, 5.41) is 44.3. The average Bonchev–Trinajstić information content (AvgIpc) is 3.07. The molecule has 240 valence electrons. The number of aliphatic hydroxyl groups is 1. The largest absolute Gasteiger partial charge is 2.00 e. The predicted molar refractivity (Wildman–Crippen MR) is 152 cm³/mol. The Labute approximate surface area is 269 Å². The fourth-order valence-electron chi connectivity index (χ4n) is 5.06. The molecule has 4 rings (SSSR count). The first-order chi connectivity index (χ1) is 20.9. The predicted octanol–water partition coefficient (Wildman–Crippen LogP) is -0.794. The molecule has 16 nitrogen and oxygen atoms in total. The van der Waals surface area contributed by atoms with Gasteiger partial charge in [0.25, 0.3) is 11.4 Å². The molecule has 45 heavy (non-hydrogen) atoms. The van der Waals surface area contributed by atoms with Crippen LogP contribution in [0.25, 0.3) is 0 Å². The van der Waals surface area contributed by atoms with Crippen molar-refractivity contribution in [2.75, 3.05) is 39.3 Å². The molecule has 1 aliphatic rings. The van der Waals surface area contributed by atoms with E-state index in [-0.39, 0.29) is 32.9 Å². The fraction of sp³-hybridized carbons (Fsp3) is 0.393. The van der Waals surface area contributed by atoms with Crippen LogP contribution in [0.2, 0.25) is 0 Å². The molecule has 3 aromatic rings. The van der Waals surface area contributed by atoms with E-state index in [4.69, 9.17) is 0 Å². The quantitative estimate of drug-likeness (QED) is 0.0846. The molecule has 0 amide bonds. The van der Waals surface area contributed by atoms with Gasteiger partial charge in [0.2, 0.25) is 0 Å². The third kappa shape index (κ3) is 10.0. The molecule has 1 fully saturated rings. The first-order valence-corrected chi connectivity index (χ1v) is 13.9. The number of carbonyl (C=O) groups is 1. The van der Waals surface area contributed by atoms with E-state index < -0.39 is 28.0 Å². The topological polar surface area (TPSA) is 219 Å². The number of rotatable bonds is 11. The van der Waals surface area contributed by atoms with Crippen molar-refractivity contribution < 1.29 is 52.1 Å². The Bertz CT molecular complexity index is 1500. The maximum atomic E-state index is 11.3. The Kier molecular flexibility index (Phi) is 12.5. The first kappa shape index (κ1) is 35.5. The van der Waals surface area contributed by atoms with Crippen LogP contribution in [0.4, 0.5) is 11.4 Å². The Balaban J connectivity index is 0.00000552. The van der Waals surface area contributed by atoms with Gasteiger partial charge in [-0.05, 0) is 17.7 Å². The zero-order valence-electron chi connectivity index (χ0n) is 24.5. The number of carbonyl (C=O) groups excluding carboxylic acids is 1. The third-order valence-corrected chi connectivity index (χ3v) is 7.67. The molecule has 0 spiro atoms. The van der Waals surface area contributed by atoms with E-state index in [1.807, 2.05) is 0 Å². The van der Waals surface area contributed by atoms with Crippen LogP contribution in [-0.4, -0.2) is 95.5 Å². The second-order valence-corrected chi connectivity index (χ2v) is 11.0. The summed E-state index contributed by atoms with van der Waals surface area (Å²) in [4.78, 5) is 50.3. The SMILES string of the molecule is [CH2-][N+]1(Cc2cc([N+](=O)[O-])ccn2)CCN(Cc2cc([C@H](O)[C@H]([NH3+])C(=O)[O-])ccn2)CCN(Cc2cc([N+](=O)[O-])ccn2)CC1.[Fe+2]. The van der Waals surface area contributed by atoms with Gasteiger partial charge in [0, 0.05) is 82.1 Å². The molecule has 1 unspecified atom stereocenters. The molecule has 1 aliphatic heterocycles. The van der Waals surface area contributed by atoms with Gasteiger partial charge in [0.1, 0.15) is 12.1 Å². The minimum Gasteiger partial charge on any atom is -0.544 e. The molecule has 0 bridgehead atoms. The van der Waals surface area contributed by atoms with Crippen LogP contribution in [0, 0.1) is 27.3 Å². The van der Waals surface area contributed by atoms with E-state index in [0.717, 1.165) is 0 Å². The first-order valence-electron chi connectivity index (χ1n) is 13.9. The molecule has 1 saturated heterocycles. The Morgan fingerprint density at radius 3 is 1.87 bits per heavy atom. The minimum atomic E-state index is -1.46. The molecule has 0 aliphatic carbocycles. The monoisotopic (exact) mass is 665 g/mol. The summed E-state index contributed by atoms with van der Waals surface area (Å²) in [5.41, 5.74) is 5.43. The number of aromatic nitrogens is 3. The summed E-state index contributed by atoms with van der Waals surface area (Å²) >= 11 is 0. The zero-order valence-corrected chi connectivity index (χ0v) is 25.6. The second-order valence-electron chi connectivity index (χ2n) is 11.0. The smallest absolute Gasteiger partial charge is 0.544 e. The van der Waals surface area contributed by atoms with Gasteiger partial charge < -0.3 is 25.2 Å². The van der Waals surface area contributed by atoms with Crippen molar-refractivity contribution in [2.24, 2.45) is 0 Å². The number of aliphatic carboxylic acids is 1. The van der Waals surface area contributed by atoms with Crippen LogP contribution < -0.4 is 10.8 Å². The summed E-state index contributed by atoms with van der Waals surface area (Å²) in [7, 11) is 4.49. The number of carboxylic acid groups (broad SMARTS) is 1. The van der Waals surface area contributed by atoms with Crippen molar-refractivity contribution in [3.63, 3.8) is 0 Å². The Hall–Kier alpha value is -3.96. The Morgan fingerprint density at radius 1 is 0.889 bits per heavy atom. The molecule has 4 heterocycles. The molecule has 0 radical (unpaired) electrons. The summed E-state index contributed by atoms with van der Waals surface area (Å²) in [6.45, 7) is 4.55.